The molecule has 0 bridgehead atoms. The van der Waals surface area contributed by atoms with Gasteiger partial charge in [0.2, 0.25) is 0 Å². The summed E-state index contributed by atoms with van der Waals surface area (Å²) in [6.07, 6.45) is 1.86. The largest absolute Gasteiger partial charge is 0.496 e. The van der Waals surface area contributed by atoms with Crippen molar-refractivity contribution >= 4 is 91.7 Å². The lowest BCUT2D eigenvalue weighted by atomic mass is 9.94. The highest BCUT2D eigenvalue weighted by molar-refractivity contribution is 14.1. The molecule has 45 heavy (non-hydrogen) atoms. The van der Waals surface area contributed by atoms with Gasteiger partial charge in [0.15, 0.2) is 4.80 Å². The molecule has 3 aromatic carbocycles. The molecule has 12 heteroatoms. The number of aromatic nitrogens is 1. The first-order valence-corrected chi connectivity index (χ1v) is 17.8. The minimum atomic E-state index is -0.691. The van der Waals surface area contributed by atoms with Gasteiger partial charge in [-0.3, -0.25) is 14.2 Å². The summed E-state index contributed by atoms with van der Waals surface area (Å²) in [7, 11) is 1.59. The zero-order valence-electron chi connectivity index (χ0n) is 24.9. The molecule has 4 aromatic rings. The van der Waals surface area contributed by atoms with Crippen molar-refractivity contribution in [3.8, 4) is 11.5 Å². The fraction of sp³-hybridized carbons (Fsp3) is 0.242. The molecule has 1 aliphatic rings. The van der Waals surface area contributed by atoms with E-state index in [9.17, 15) is 9.59 Å². The van der Waals surface area contributed by atoms with Crippen molar-refractivity contribution in [3.05, 3.63) is 119 Å². The van der Waals surface area contributed by atoms with E-state index in [0.717, 1.165) is 29.6 Å². The van der Waals surface area contributed by atoms with Crippen LogP contribution in [0, 0.1) is 7.14 Å². The lowest BCUT2D eigenvalue weighted by Crippen LogP contribution is -2.43. The molecule has 1 amide bonds. The van der Waals surface area contributed by atoms with Crippen LogP contribution in [0.25, 0.3) is 6.08 Å². The van der Waals surface area contributed by atoms with E-state index in [-0.39, 0.29) is 18.1 Å². The maximum absolute atomic E-state index is 14.2. The van der Waals surface area contributed by atoms with E-state index in [1.165, 1.54) is 11.3 Å². The molecule has 0 saturated heterocycles. The van der Waals surface area contributed by atoms with Crippen LogP contribution in [-0.2, 0) is 11.4 Å². The Morgan fingerprint density at radius 2 is 1.78 bits per heavy atom. The van der Waals surface area contributed by atoms with Gasteiger partial charge in [-0.05, 0) is 108 Å². The summed E-state index contributed by atoms with van der Waals surface area (Å²) in [5, 5.41) is 1.11. The Bertz CT molecular complexity index is 1980. The van der Waals surface area contributed by atoms with E-state index < -0.39 is 6.04 Å². The molecule has 0 aliphatic carbocycles. The number of hydrogen-bond donors (Lipinski definition) is 0. The molecule has 0 saturated carbocycles. The summed E-state index contributed by atoms with van der Waals surface area (Å²) in [6.45, 7) is 7.08. The average molecular weight is 888 g/mol. The summed E-state index contributed by atoms with van der Waals surface area (Å²) in [4.78, 5) is 35.1. The number of methoxy groups -OCH3 is 1. The van der Waals surface area contributed by atoms with Crippen LogP contribution in [0.5, 0.6) is 11.5 Å². The van der Waals surface area contributed by atoms with Gasteiger partial charge in [0.1, 0.15) is 24.1 Å². The number of halogens is 4. The molecule has 1 aliphatic heterocycles. The lowest BCUT2D eigenvalue weighted by Gasteiger charge is -2.29. The minimum Gasteiger partial charge on any atom is -0.496 e. The second-order valence-electron chi connectivity index (χ2n) is 10.1. The van der Waals surface area contributed by atoms with E-state index in [1.807, 2.05) is 69.3 Å². The maximum atomic E-state index is 14.2. The number of thiazole rings is 1. The number of benzene rings is 3. The third-order valence-corrected chi connectivity index (χ3v) is 10.6. The van der Waals surface area contributed by atoms with Crippen LogP contribution in [0.3, 0.4) is 0 Å². The van der Waals surface area contributed by atoms with Gasteiger partial charge in [-0.1, -0.05) is 58.8 Å². The number of ether oxygens (including phenoxy) is 2. The monoisotopic (exact) mass is 887 g/mol. The number of allylic oxidation sites excluding steroid dienone is 1. The number of fused-ring (bicyclic) bond motifs is 1. The molecule has 1 aromatic heterocycles. The molecule has 2 heterocycles. The highest BCUT2D eigenvalue weighted by atomic mass is 127. The van der Waals surface area contributed by atoms with Gasteiger partial charge in [0, 0.05) is 34.3 Å². The highest BCUT2D eigenvalue weighted by Gasteiger charge is 2.35. The van der Waals surface area contributed by atoms with Gasteiger partial charge in [-0.25, -0.2) is 4.99 Å². The predicted molar refractivity (Wildman–Crippen MR) is 197 cm³/mol. The number of rotatable bonds is 9. The summed E-state index contributed by atoms with van der Waals surface area (Å²) in [5.74, 6) is 1.18. The number of likely N-dealkylation sites (N-methyl/N-ethyl adjacent to an activating group) is 1. The minimum absolute atomic E-state index is 0.147. The molecule has 0 fully saturated rings. The number of nitrogens with zero attached hydrogens (tertiary/aromatic N) is 3. The van der Waals surface area contributed by atoms with Gasteiger partial charge in [-0.2, -0.15) is 0 Å². The standard InChI is InChI=1S/C33H29Cl2I2N3O4S/c1-5-39(6-2)32(42)28-18(3)38-33-40(29(28)22-9-7-8-10-26(22)43-4)31(41)27(45-33)15-19-13-24(36)30(25(37)14-19)44-17-20-11-12-21(34)16-23(20)35/h7-16,29H,5-6,17H2,1-4H3/b27-15+/t29-/m0/s1. The van der Waals surface area contributed by atoms with E-state index in [0.29, 0.717) is 49.5 Å². The molecular weight excluding hydrogens is 859 g/mol. The van der Waals surface area contributed by atoms with E-state index in [4.69, 9.17) is 37.7 Å². The van der Waals surface area contributed by atoms with Crippen LogP contribution in [0.1, 0.15) is 43.5 Å². The topological polar surface area (TPSA) is 73.1 Å². The normalized spacial score (nSPS) is 14.7. The lowest BCUT2D eigenvalue weighted by molar-refractivity contribution is -0.127. The van der Waals surface area contributed by atoms with Crippen molar-refractivity contribution in [2.45, 2.75) is 33.4 Å². The summed E-state index contributed by atoms with van der Waals surface area (Å²) < 4.78 is 15.8. The quantitative estimate of drug-likeness (QED) is 0.167. The van der Waals surface area contributed by atoms with E-state index in [2.05, 4.69) is 45.2 Å². The van der Waals surface area contributed by atoms with Gasteiger partial charge in [-0.15, -0.1) is 0 Å². The first kappa shape index (κ1) is 34.0. The van der Waals surface area contributed by atoms with Gasteiger partial charge in [0.25, 0.3) is 11.5 Å². The van der Waals surface area contributed by atoms with Crippen molar-refractivity contribution in [1.82, 2.24) is 9.47 Å². The summed E-state index contributed by atoms with van der Waals surface area (Å²) in [5.41, 5.74) is 3.22. The van der Waals surface area contributed by atoms with Crippen molar-refractivity contribution in [2.24, 2.45) is 4.99 Å². The average Bonchev–Trinajstić information content (AvgIpc) is 3.31. The first-order valence-electron chi connectivity index (χ1n) is 14.1. The molecule has 0 spiro atoms. The fourth-order valence-electron chi connectivity index (χ4n) is 5.20. The fourth-order valence-corrected chi connectivity index (χ4v) is 8.84. The maximum Gasteiger partial charge on any atom is 0.271 e. The molecule has 0 N–H and O–H groups in total. The number of carbonyl (C=O) groups is 1. The van der Waals surface area contributed by atoms with Crippen LogP contribution in [0.15, 0.2) is 75.7 Å². The number of para-hydroxylation sites is 1. The third-order valence-electron chi connectivity index (χ3n) is 7.44. The molecular formula is C33H29Cl2I2N3O4S. The zero-order chi connectivity index (χ0) is 32.4. The van der Waals surface area contributed by atoms with Crippen molar-refractivity contribution in [1.29, 1.82) is 0 Å². The smallest absolute Gasteiger partial charge is 0.271 e. The second-order valence-corrected chi connectivity index (χ2v) is 14.3. The SMILES string of the molecule is CCN(CC)C(=O)C1=C(C)N=c2s/c(=C/c3cc(I)c(OCc4ccc(Cl)cc4Cl)c(I)c3)c(=O)n2[C@H]1c1ccccc1OC. The number of amides is 1. The second kappa shape index (κ2) is 14.6. The molecule has 1 atom stereocenters. The Balaban J connectivity index is 1.58. The predicted octanol–water partition coefficient (Wildman–Crippen LogP) is 7.21. The Morgan fingerprint density at radius 3 is 2.42 bits per heavy atom. The highest BCUT2D eigenvalue weighted by Crippen LogP contribution is 2.36. The number of carbonyl (C=O) groups excluding carboxylic acids is 1. The zero-order valence-corrected chi connectivity index (χ0v) is 31.5. The van der Waals surface area contributed by atoms with Gasteiger partial charge >= 0.3 is 0 Å². The van der Waals surface area contributed by atoms with Gasteiger partial charge in [0.05, 0.1) is 30.1 Å². The Morgan fingerprint density at radius 1 is 1.09 bits per heavy atom. The third kappa shape index (κ3) is 6.99. The summed E-state index contributed by atoms with van der Waals surface area (Å²) >= 11 is 18.1. The van der Waals surface area contributed by atoms with Crippen LogP contribution < -0.4 is 24.4 Å². The van der Waals surface area contributed by atoms with E-state index >= 15 is 0 Å². The van der Waals surface area contributed by atoms with Crippen molar-refractivity contribution < 1.29 is 14.3 Å². The van der Waals surface area contributed by atoms with E-state index in [1.54, 1.807) is 28.7 Å². The molecule has 0 radical (unpaired) electrons. The molecule has 234 valence electrons. The van der Waals surface area contributed by atoms with Crippen molar-refractivity contribution in [2.75, 3.05) is 20.2 Å². The Labute approximate surface area is 302 Å². The van der Waals surface area contributed by atoms with Gasteiger partial charge < -0.3 is 14.4 Å². The first-order chi connectivity index (χ1) is 21.6. The number of hydrogen-bond acceptors (Lipinski definition) is 6. The van der Waals surface area contributed by atoms with Crippen LogP contribution >= 0.6 is 79.7 Å². The van der Waals surface area contributed by atoms with Crippen LogP contribution in [0.2, 0.25) is 10.0 Å². The molecule has 7 nitrogen and oxygen atoms in total. The Hall–Kier alpha value is -2.39. The van der Waals surface area contributed by atoms with Crippen LogP contribution in [-0.4, -0.2) is 35.6 Å². The molecule has 0 unspecified atom stereocenters. The Kier molecular flexibility index (Phi) is 11.0. The van der Waals surface area contributed by atoms with Crippen molar-refractivity contribution in [3.63, 3.8) is 0 Å². The summed E-state index contributed by atoms with van der Waals surface area (Å²) in [6, 6.07) is 16.1. The molecule has 5 rings (SSSR count). The van der Waals surface area contributed by atoms with Crippen LogP contribution in [0.4, 0.5) is 0 Å².